The molecule has 5 aromatic carbocycles. The number of pyridine rings is 1. The molecule has 1 aromatic heterocycles. The number of aromatic hydroxyl groups is 1. The first-order valence-corrected chi connectivity index (χ1v) is 22.1. The van der Waals surface area contributed by atoms with Crippen LogP contribution in [0.5, 0.6) is 11.5 Å². The van der Waals surface area contributed by atoms with Crippen LogP contribution in [-0.4, -0.2) is 82.7 Å². The number of hydrogen-bond donors (Lipinski definition) is 4. The summed E-state index contributed by atoms with van der Waals surface area (Å²) in [5.41, 5.74) is 5.07. The molecule has 1 amide bonds. The van der Waals surface area contributed by atoms with E-state index in [1.54, 1.807) is 12.1 Å². The van der Waals surface area contributed by atoms with Gasteiger partial charge < -0.3 is 34.9 Å². The lowest BCUT2D eigenvalue weighted by molar-refractivity contribution is -0.146. The van der Waals surface area contributed by atoms with Crippen LogP contribution in [0.25, 0.3) is 10.9 Å². The third kappa shape index (κ3) is 11.2. The van der Waals surface area contributed by atoms with Crippen LogP contribution in [-0.2, 0) is 22.7 Å². The lowest BCUT2D eigenvalue weighted by Crippen LogP contribution is -2.41. The van der Waals surface area contributed by atoms with Crippen molar-refractivity contribution in [2.45, 2.75) is 50.9 Å². The highest BCUT2D eigenvalue weighted by Crippen LogP contribution is 2.31. The van der Waals surface area contributed by atoms with Gasteiger partial charge in [-0.2, -0.15) is 0 Å². The minimum atomic E-state index is -0.828. The van der Waals surface area contributed by atoms with Crippen molar-refractivity contribution in [1.29, 1.82) is 0 Å². The van der Waals surface area contributed by atoms with Gasteiger partial charge in [0.25, 0.3) is 5.91 Å². The molecule has 3 heterocycles. The zero-order valence-electron chi connectivity index (χ0n) is 35.5. The van der Waals surface area contributed by atoms with Gasteiger partial charge in [0.05, 0.1) is 18.2 Å². The van der Waals surface area contributed by atoms with E-state index in [-0.39, 0.29) is 29.8 Å². The Balaban J connectivity index is 0.812. The van der Waals surface area contributed by atoms with E-state index in [0.717, 1.165) is 62.0 Å². The van der Waals surface area contributed by atoms with Gasteiger partial charge in [0, 0.05) is 43.2 Å². The van der Waals surface area contributed by atoms with Gasteiger partial charge >= 0.3 is 5.97 Å². The van der Waals surface area contributed by atoms with Gasteiger partial charge in [-0.3, -0.25) is 19.3 Å². The quantitative estimate of drug-likeness (QED) is 0.0725. The molecule has 1 unspecified atom stereocenters. The van der Waals surface area contributed by atoms with Crippen molar-refractivity contribution in [1.82, 2.24) is 20.1 Å². The number of carbonyl (C=O) groups excluding carboxylic acids is 2. The van der Waals surface area contributed by atoms with Crippen LogP contribution >= 0.6 is 0 Å². The number of aliphatic hydroxyl groups excluding tert-OH is 1. The summed E-state index contributed by atoms with van der Waals surface area (Å²) in [4.78, 5) is 46.3. The lowest BCUT2D eigenvalue weighted by Gasteiger charge is -2.32. The van der Waals surface area contributed by atoms with E-state index >= 15 is 0 Å². The number of phenols is 1. The molecule has 2 fully saturated rings. The van der Waals surface area contributed by atoms with E-state index < -0.39 is 12.0 Å². The van der Waals surface area contributed by atoms with Crippen molar-refractivity contribution >= 4 is 22.8 Å². The minimum Gasteiger partial charge on any atom is -0.506 e. The Labute approximate surface area is 368 Å². The number of hydrogen-bond acceptors (Lipinski definition) is 9. The van der Waals surface area contributed by atoms with Crippen LogP contribution in [0.4, 0.5) is 0 Å². The van der Waals surface area contributed by atoms with E-state index in [1.807, 2.05) is 89.8 Å². The molecule has 2 aliphatic rings. The number of phenolic OH excluding ortho intramolecular Hbond substituents is 1. The Bertz CT molecular complexity index is 2510. The van der Waals surface area contributed by atoms with Gasteiger partial charge in [-0.1, -0.05) is 91.0 Å². The number of nitrogens with zero attached hydrogens (tertiary/aromatic N) is 2. The molecule has 326 valence electrons. The number of ether oxygens (including phenoxy) is 2. The second-order valence-electron chi connectivity index (χ2n) is 16.9. The normalized spacial score (nSPS) is 16.1. The molecule has 0 radical (unpaired) electrons. The largest absolute Gasteiger partial charge is 0.506 e. The predicted molar refractivity (Wildman–Crippen MR) is 244 cm³/mol. The number of H-pyrrole nitrogens is 1. The summed E-state index contributed by atoms with van der Waals surface area (Å²) in [5.74, 6) is 0.379. The van der Waals surface area contributed by atoms with Gasteiger partial charge in [-0.05, 0) is 121 Å². The van der Waals surface area contributed by atoms with E-state index in [2.05, 4.69) is 39.5 Å². The fourth-order valence-corrected chi connectivity index (χ4v) is 8.90. The smallest absolute Gasteiger partial charge is 0.317 e. The lowest BCUT2D eigenvalue weighted by atomic mass is 9.91. The number of aromatic amines is 1. The summed E-state index contributed by atoms with van der Waals surface area (Å²) in [6.45, 7) is 5.84. The number of likely N-dealkylation sites (tertiary alicyclic amines) is 2. The van der Waals surface area contributed by atoms with E-state index in [0.29, 0.717) is 72.4 Å². The average Bonchev–Trinajstić information content (AvgIpc) is 3.32. The van der Waals surface area contributed by atoms with Crippen molar-refractivity contribution in [3.8, 4) is 11.5 Å². The standard InChI is InChI=1S/C52H56N4O7/c57-46-19-17-44(45-18-20-48(59)54-50(45)46)47(58)32-53-31-36-23-27-56(28-24-36)51(60)42-15-7-11-39(29-42)35-62-43-16-8-14-41(30-43)49(40-12-5-2-6-13-40)52(61)63-34-38-21-25-55(26-22-38)33-37-9-3-1-4-10-37/h1-20,29-30,36,38,47,49,53,57-58H,21-28,31-35H2,(H,54,59)/t47-,49?/m0/s1. The Morgan fingerprint density at radius 2 is 1.44 bits per heavy atom. The third-order valence-corrected chi connectivity index (χ3v) is 12.5. The van der Waals surface area contributed by atoms with E-state index in [1.165, 1.54) is 17.7 Å². The van der Waals surface area contributed by atoms with Crippen molar-refractivity contribution in [3.05, 3.63) is 177 Å². The summed E-state index contributed by atoms with van der Waals surface area (Å²) in [6, 6.07) is 41.6. The van der Waals surface area contributed by atoms with Crippen LogP contribution < -0.4 is 15.6 Å². The SMILES string of the molecule is O=C(OCC1CCN(Cc2ccccc2)CC1)C(c1ccccc1)c1cccc(OCc2cccc(C(=O)N3CCC(CNC[C@H](O)c4ccc(O)c5[nH]c(=O)ccc45)CC3)c2)c1. The maximum atomic E-state index is 13.9. The average molecular weight is 849 g/mol. The molecule has 0 spiro atoms. The Morgan fingerprint density at radius 1 is 0.746 bits per heavy atom. The number of amides is 1. The monoisotopic (exact) mass is 848 g/mol. The van der Waals surface area contributed by atoms with Gasteiger partial charge in [0.2, 0.25) is 5.56 Å². The van der Waals surface area contributed by atoms with Gasteiger partial charge in [0.15, 0.2) is 0 Å². The number of esters is 1. The molecule has 0 bridgehead atoms. The molecule has 11 heteroatoms. The number of aliphatic hydroxyl groups is 1. The fraction of sp³-hybridized carbons (Fsp3) is 0.327. The van der Waals surface area contributed by atoms with Crippen LogP contribution in [0.3, 0.4) is 0 Å². The summed E-state index contributed by atoms with van der Waals surface area (Å²) < 4.78 is 12.3. The highest BCUT2D eigenvalue weighted by Gasteiger charge is 2.28. The summed E-state index contributed by atoms with van der Waals surface area (Å²) in [6.07, 6.45) is 2.83. The Kier molecular flexibility index (Phi) is 14.3. The van der Waals surface area contributed by atoms with Crippen molar-refractivity contribution in [2.24, 2.45) is 11.8 Å². The van der Waals surface area contributed by atoms with E-state index in [9.17, 15) is 24.6 Å². The summed E-state index contributed by atoms with van der Waals surface area (Å²) in [7, 11) is 0. The van der Waals surface area contributed by atoms with Crippen LogP contribution in [0.2, 0.25) is 0 Å². The van der Waals surface area contributed by atoms with Crippen molar-refractivity contribution in [3.63, 3.8) is 0 Å². The summed E-state index contributed by atoms with van der Waals surface area (Å²) in [5, 5.41) is 25.1. The molecule has 63 heavy (non-hydrogen) atoms. The minimum absolute atomic E-state index is 0.0140. The van der Waals surface area contributed by atoms with Gasteiger partial charge in [0.1, 0.15) is 24.0 Å². The molecule has 6 aromatic rings. The Hall–Kier alpha value is -6.27. The number of fused-ring (bicyclic) bond motifs is 1. The Morgan fingerprint density at radius 3 is 2.22 bits per heavy atom. The molecule has 11 nitrogen and oxygen atoms in total. The molecule has 2 aliphatic heterocycles. The number of aromatic nitrogens is 1. The molecule has 0 saturated carbocycles. The maximum absolute atomic E-state index is 13.9. The molecular weight excluding hydrogens is 793 g/mol. The first kappa shape index (κ1) is 43.4. The van der Waals surface area contributed by atoms with Crippen molar-refractivity contribution < 1.29 is 29.3 Å². The van der Waals surface area contributed by atoms with Crippen LogP contribution in [0.15, 0.2) is 138 Å². The highest BCUT2D eigenvalue weighted by atomic mass is 16.5. The highest BCUT2D eigenvalue weighted by molar-refractivity contribution is 5.94. The van der Waals surface area contributed by atoms with Crippen LogP contribution in [0, 0.1) is 11.8 Å². The molecule has 2 atom stereocenters. The number of piperidine rings is 2. The molecular formula is C52H56N4O7. The molecule has 2 saturated heterocycles. The number of carbonyl (C=O) groups is 2. The van der Waals surface area contributed by atoms with E-state index in [4.69, 9.17) is 9.47 Å². The van der Waals surface area contributed by atoms with Crippen LogP contribution in [0.1, 0.15) is 75.9 Å². The number of nitrogens with one attached hydrogen (secondary N) is 2. The first-order valence-electron chi connectivity index (χ1n) is 22.1. The number of rotatable bonds is 16. The molecule has 0 aliphatic carbocycles. The maximum Gasteiger partial charge on any atom is 0.317 e. The fourth-order valence-electron chi connectivity index (χ4n) is 8.90. The van der Waals surface area contributed by atoms with Gasteiger partial charge in [-0.25, -0.2) is 0 Å². The second-order valence-corrected chi connectivity index (χ2v) is 16.9. The second kappa shape index (κ2) is 20.7. The summed E-state index contributed by atoms with van der Waals surface area (Å²) >= 11 is 0. The third-order valence-electron chi connectivity index (χ3n) is 12.5. The zero-order chi connectivity index (χ0) is 43.5. The number of benzene rings is 5. The topological polar surface area (TPSA) is 144 Å². The molecule has 4 N–H and O–H groups in total. The van der Waals surface area contributed by atoms with Crippen molar-refractivity contribution in [2.75, 3.05) is 45.9 Å². The zero-order valence-corrected chi connectivity index (χ0v) is 35.5. The van der Waals surface area contributed by atoms with Gasteiger partial charge in [-0.15, -0.1) is 0 Å². The first-order chi connectivity index (χ1) is 30.8. The predicted octanol–water partition coefficient (Wildman–Crippen LogP) is 7.58. The molecule has 8 rings (SSSR count).